The summed E-state index contributed by atoms with van der Waals surface area (Å²) in [5.41, 5.74) is 6.53. The van der Waals surface area contributed by atoms with Gasteiger partial charge in [0.15, 0.2) is 0 Å². The van der Waals surface area contributed by atoms with Crippen molar-refractivity contribution in [3.8, 4) is 5.75 Å². The highest BCUT2D eigenvalue weighted by Gasteiger charge is 2.35. The van der Waals surface area contributed by atoms with Crippen molar-refractivity contribution in [3.63, 3.8) is 0 Å². The zero-order chi connectivity index (χ0) is 25.1. The van der Waals surface area contributed by atoms with E-state index in [2.05, 4.69) is 67.5 Å². The van der Waals surface area contributed by atoms with Gasteiger partial charge in [-0.2, -0.15) is 0 Å². The first-order valence-electron chi connectivity index (χ1n) is 12.7. The molecule has 4 aromatic rings. The standard InChI is InChI=1S/C31H33N3O2/c1-4-10-24-11-5-8-14-29(24)36-18-9-17-33-27-13-7-6-12-26(27)32-31(33)25-20-30(35)34(21-25)28-19-22(2)15-16-23(28)3/h4-8,11-16,19,25H,1,9-10,17-18,20-21H2,2-3H3. The van der Waals surface area contributed by atoms with Crippen LogP contribution in [-0.4, -0.2) is 28.6 Å². The molecule has 1 saturated heterocycles. The van der Waals surface area contributed by atoms with Crippen LogP contribution in [0, 0.1) is 13.8 Å². The maximum Gasteiger partial charge on any atom is 0.227 e. The molecule has 1 fully saturated rings. The molecule has 0 N–H and O–H groups in total. The van der Waals surface area contributed by atoms with Crippen molar-refractivity contribution in [3.05, 3.63) is 102 Å². The number of benzene rings is 3. The number of hydrogen-bond donors (Lipinski definition) is 0. The van der Waals surface area contributed by atoms with Gasteiger partial charge in [-0.3, -0.25) is 4.79 Å². The van der Waals surface area contributed by atoms with Crippen molar-refractivity contribution in [1.29, 1.82) is 0 Å². The minimum atomic E-state index is 0.0547. The third kappa shape index (κ3) is 4.78. The Morgan fingerprint density at radius 3 is 2.75 bits per heavy atom. The minimum absolute atomic E-state index is 0.0547. The van der Waals surface area contributed by atoms with E-state index in [-0.39, 0.29) is 11.8 Å². The number of carbonyl (C=O) groups excluding carboxylic acids is 1. The molecule has 1 amide bonds. The molecule has 2 heterocycles. The average molecular weight is 480 g/mol. The van der Waals surface area contributed by atoms with Crippen LogP contribution in [0.3, 0.4) is 0 Å². The summed E-state index contributed by atoms with van der Waals surface area (Å²) in [6, 6.07) is 22.7. The molecule has 0 radical (unpaired) electrons. The molecule has 5 rings (SSSR count). The van der Waals surface area contributed by atoms with Gasteiger partial charge in [0.05, 0.1) is 17.6 Å². The molecule has 0 spiro atoms. The lowest BCUT2D eigenvalue weighted by Crippen LogP contribution is -2.25. The van der Waals surface area contributed by atoms with Crippen molar-refractivity contribution in [2.45, 2.75) is 45.6 Å². The Bertz CT molecular complexity index is 1400. The van der Waals surface area contributed by atoms with E-state index >= 15 is 0 Å². The van der Waals surface area contributed by atoms with Crippen LogP contribution in [0.15, 0.2) is 79.4 Å². The molecule has 1 aliphatic heterocycles. The predicted octanol–water partition coefficient (Wildman–Crippen LogP) is 6.37. The van der Waals surface area contributed by atoms with Crippen molar-refractivity contribution >= 4 is 22.6 Å². The third-order valence-electron chi connectivity index (χ3n) is 6.95. The molecule has 0 aliphatic carbocycles. The van der Waals surface area contributed by atoms with Gasteiger partial charge in [0, 0.05) is 31.1 Å². The van der Waals surface area contributed by atoms with Gasteiger partial charge in [-0.05, 0) is 67.6 Å². The molecule has 5 nitrogen and oxygen atoms in total. The van der Waals surface area contributed by atoms with E-state index < -0.39 is 0 Å². The van der Waals surface area contributed by atoms with Gasteiger partial charge in [0.25, 0.3) is 0 Å². The summed E-state index contributed by atoms with van der Waals surface area (Å²) in [6.07, 6.45) is 4.01. The van der Waals surface area contributed by atoms with Gasteiger partial charge < -0.3 is 14.2 Å². The lowest BCUT2D eigenvalue weighted by Gasteiger charge is -2.20. The maximum atomic E-state index is 13.1. The molecule has 0 saturated carbocycles. The number of rotatable bonds is 9. The average Bonchev–Trinajstić information content (AvgIpc) is 3.45. The van der Waals surface area contributed by atoms with Gasteiger partial charge in [0.1, 0.15) is 11.6 Å². The van der Waals surface area contributed by atoms with Crippen LogP contribution < -0.4 is 9.64 Å². The molecule has 1 aliphatic rings. The summed E-state index contributed by atoms with van der Waals surface area (Å²) < 4.78 is 8.43. The quantitative estimate of drug-likeness (QED) is 0.207. The number of amides is 1. The summed E-state index contributed by atoms with van der Waals surface area (Å²) >= 11 is 0. The van der Waals surface area contributed by atoms with Gasteiger partial charge >= 0.3 is 0 Å². The zero-order valence-electron chi connectivity index (χ0n) is 21.1. The van der Waals surface area contributed by atoms with Crippen LogP contribution in [0.4, 0.5) is 5.69 Å². The van der Waals surface area contributed by atoms with Crippen LogP contribution in [0.2, 0.25) is 0 Å². The summed E-state index contributed by atoms with van der Waals surface area (Å²) in [4.78, 5) is 20.1. The number of ether oxygens (including phenoxy) is 1. The fourth-order valence-corrected chi connectivity index (χ4v) is 5.14. The number of fused-ring (bicyclic) bond motifs is 1. The summed E-state index contributed by atoms with van der Waals surface area (Å²) in [5.74, 6) is 2.12. The number of imidazole rings is 1. The molecule has 184 valence electrons. The number of carbonyl (C=O) groups is 1. The van der Waals surface area contributed by atoms with Gasteiger partial charge in [-0.25, -0.2) is 4.98 Å². The highest BCUT2D eigenvalue weighted by molar-refractivity contribution is 5.97. The smallest absolute Gasteiger partial charge is 0.227 e. The van der Waals surface area contributed by atoms with E-state index in [0.717, 1.165) is 64.4 Å². The van der Waals surface area contributed by atoms with Gasteiger partial charge in [0.2, 0.25) is 5.91 Å². The first-order chi connectivity index (χ1) is 17.5. The number of para-hydroxylation sites is 3. The second-order valence-electron chi connectivity index (χ2n) is 9.61. The highest BCUT2D eigenvalue weighted by Crippen LogP contribution is 2.35. The van der Waals surface area contributed by atoms with E-state index in [1.165, 1.54) is 0 Å². The normalized spacial score (nSPS) is 15.6. The highest BCUT2D eigenvalue weighted by atomic mass is 16.5. The van der Waals surface area contributed by atoms with Crippen LogP contribution in [0.5, 0.6) is 5.75 Å². The fraction of sp³-hybridized carbons (Fsp3) is 0.290. The molecular formula is C31H33N3O2. The minimum Gasteiger partial charge on any atom is -0.493 e. The van der Waals surface area contributed by atoms with Gasteiger partial charge in [-0.1, -0.05) is 48.5 Å². The first kappa shape index (κ1) is 23.9. The van der Waals surface area contributed by atoms with E-state index in [1.54, 1.807) is 0 Å². The lowest BCUT2D eigenvalue weighted by atomic mass is 10.1. The number of nitrogens with zero attached hydrogens (tertiary/aromatic N) is 3. The summed E-state index contributed by atoms with van der Waals surface area (Å²) in [5, 5.41) is 0. The van der Waals surface area contributed by atoms with Crippen molar-refractivity contribution < 1.29 is 9.53 Å². The second-order valence-corrected chi connectivity index (χ2v) is 9.61. The Morgan fingerprint density at radius 1 is 1.08 bits per heavy atom. The van der Waals surface area contributed by atoms with Crippen molar-refractivity contribution in [2.24, 2.45) is 0 Å². The topological polar surface area (TPSA) is 47.4 Å². The third-order valence-corrected chi connectivity index (χ3v) is 6.95. The van der Waals surface area contributed by atoms with Crippen LogP contribution in [-0.2, 0) is 17.8 Å². The van der Waals surface area contributed by atoms with Gasteiger partial charge in [-0.15, -0.1) is 6.58 Å². The Kier molecular flexibility index (Phi) is 6.90. The molecule has 1 unspecified atom stereocenters. The van der Waals surface area contributed by atoms with E-state index in [4.69, 9.17) is 9.72 Å². The van der Waals surface area contributed by atoms with E-state index in [9.17, 15) is 4.79 Å². The number of hydrogen-bond acceptors (Lipinski definition) is 3. The van der Waals surface area contributed by atoms with Crippen molar-refractivity contribution in [2.75, 3.05) is 18.1 Å². The molecule has 0 bridgehead atoms. The molecule has 1 atom stereocenters. The molecule has 36 heavy (non-hydrogen) atoms. The molecule has 1 aromatic heterocycles. The predicted molar refractivity (Wildman–Crippen MR) is 146 cm³/mol. The van der Waals surface area contributed by atoms with Crippen LogP contribution >= 0.6 is 0 Å². The monoisotopic (exact) mass is 479 g/mol. The number of allylic oxidation sites excluding steroid dienone is 1. The number of aryl methyl sites for hydroxylation is 3. The number of aromatic nitrogens is 2. The number of anilines is 1. The zero-order valence-corrected chi connectivity index (χ0v) is 21.1. The molecule has 5 heteroatoms. The summed E-state index contributed by atoms with van der Waals surface area (Å²) in [6.45, 7) is 10.0. The Hall–Kier alpha value is -3.86. The van der Waals surface area contributed by atoms with E-state index in [0.29, 0.717) is 19.6 Å². The Balaban J connectivity index is 1.35. The fourth-order valence-electron chi connectivity index (χ4n) is 5.14. The van der Waals surface area contributed by atoms with Crippen LogP contribution in [0.1, 0.15) is 41.3 Å². The Labute approximate surface area is 213 Å². The second kappa shape index (κ2) is 10.4. The largest absolute Gasteiger partial charge is 0.493 e. The Morgan fingerprint density at radius 2 is 1.89 bits per heavy atom. The van der Waals surface area contributed by atoms with E-state index in [1.807, 2.05) is 35.2 Å². The SMILES string of the molecule is C=CCc1ccccc1OCCCn1c(C2CC(=O)N(c3cc(C)ccc3C)C2)nc2ccccc21. The molecule has 3 aromatic carbocycles. The molecular weight excluding hydrogens is 446 g/mol. The van der Waals surface area contributed by atoms with Crippen molar-refractivity contribution in [1.82, 2.24) is 9.55 Å². The summed E-state index contributed by atoms with van der Waals surface area (Å²) in [7, 11) is 0. The lowest BCUT2D eigenvalue weighted by molar-refractivity contribution is -0.117. The van der Waals surface area contributed by atoms with Crippen LogP contribution in [0.25, 0.3) is 11.0 Å². The first-order valence-corrected chi connectivity index (χ1v) is 12.7. The maximum absolute atomic E-state index is 13.1.